The molecule has 0 saturated heterocycles. The highest BCUT2D eigenvalue weighted by Crippen LogP contribution is 2.23. The third kappa shape index (κ3) is 4.05. The topological polar surface area (TPSA) is 52.0 Å². The van der Waals surface area contributed by atoms with E-state index in [4.69, 9.17) is 4.74 Å². The Kier molecular flexibility index (Phi) is 5.14. The second-order valence-corrected chi connectivity index (χ2v) is 5.79. The zero-order chi connectivity index (χ0) is 14.5. The van der Waals surface area contributed by atoms with Crippen LogP contribution < -0.4 is 10.1 Å². The van der Waals surface area contributed by atoms with Crippen molar-refractivity contribution >= 4 is 15.9 Å². The first-order valence-corrected chi connectivity index (χ1v) is 7.33. The van der Waals surface area contributed by atoms with Crippen LogP contribution in [0, 0.1) is 0 Å². The van der Waals surface area contributed by atoms with Crippen LogP contribution in [0.3, 0.4) is 0 Å². The first kappa shape index (κ1) is 15.0. The molecule has 20 heavy (non-hydrogen) atoms. The monoisotopic (exact) mass is 338 g/mol. The summed E-state index contributed by atoms with van der Waals surface area (Å²) in [6.45, 7) is 5.47. The molecule has 1 aromatic carbocycles. The number of ether oxygens (including phenoxy) is 1. The molecule has 0 aliphatic heterocycles. The average molecular weight is 339 g/mol. The first-order chi connectivity index (χ1) is 9.56. The van der Waals surface area contributed by atoms with Gasteiger partial charge in [0.25, 0.3) is 0 Å². The highest BCUT2D eigenvalue weighted by molar-refractivity contribution is 9.10. The number of hydrogen-bond acceptors (Lipinski definition) is 4. The van der Waals surface area contributed by atoms with Crippen LogP contribution in [-0.2, 0) is 20.2 Å². The third-order valence-electron chi connectivity index (χ3n) is 2.89. The summed E-state index contributed by atoms with van der Waals surface area (Å²) in [5.41, 5.74) is 1.18. The Hall–Kier alpha value is -1.40. The standard InChI is InChI=1S/C14H19BrN4O/c1-10(2)16-7-11-6-12(4-5-13(11)15)20-8-14-18-17-9-19(14)3/h4-6,9-10,16H,7-8H2,1-3H3. The molecule has 0 unspecified atom stereocenters. The van der Waals surface area contributed by atoms with Crippen molar-refractivity contribution in [2.75, 3.05) is 0 Å². The van der Waals surface area contributed by atoms with Gasteiger partial charge in [0.1, 0.15) is 18.7 Å². The van der Waals surface area contributed by atoms with Crippen molar-refractivity contribution in [2.45, 2.75) is 33.0 Å². The zero-order valence-corrected chi connectivity index (χ0v) is 13.5. The molecule has 6 heteroatoms. The maximum absolute atomic E-state index is 5.76. The second kappa shape index (κ2) is 6.85. The van der Waals surface area contributed by atoms with Gasteiger partial charge in [-0.05, 0) is 23.8 Å². The first-order valence-electron chi connectivity index (χ1n) is 6.53. The van der Waals surface area contributed by atoms with Crippen molar-refractivity contribution in [2.24, 2.45) is 7.05 Å². The maximum atomic E-state index is 5.76. The lowest BCUT2D eigenvalue weighted by Crippen LogP contribution is -2.22. The lowest BCUT2D eigenvalue weighted by atomic mass is 10.2. The summed E-state index contributed by atoms with van der Waals surface area (Å²) in [5, 5.41) is 11.2. The van der Waals surface area contributed by atoms with Crippen molar-refractivity contribution in [3.63, 3.8) is 0 Å². The minimum absolute atomic E-state index is 0.412. The Balaban J connectivity index is 2.01. The van der Waals surface area contributed by atoms with Crippen LogP contribution in [0.2, 0.25) is 0 Å². The van der Waals surface area contributed by atoms with Crippen molar-refractivity contribution in [3.8, 4) is 5.75 Å². The molecule has 1 aromatic heterocycles. The van der Waals surface area contributed by atoms with E-state index in [-0.39, 0.29) is 0 Å². The van der Waals surface area contributed by atoms with Crippen molar-refractivity contribution in [1.82, 2.24) is 20.1 Å². The number of rotatable bonds is 6. The Morgan fingerprint density at radius 3 is 2.85 bits per heavy atom. The van der Waals surface area contributed by atoms with E-state index in [2.05, 4.69) is 45.3 Å². The summed E-state index contributed by atoms with van der Waals surface area (Å²) in [5.74, 6) is 1.63. The number of halogens is 1. The minimum Gasteiger partial charge on any atom is -0.486 e. The Morgan fingerprint density at radius 2 is 2.20 bits per heavy atom. The molecule has 0 aliphatic rings. The van der Waals surface area contributed by atoms with Crippen molar-refractivity contribution in [1.29, 1.82) is 0 Å². The molecule has 0 bridgehead atoms. The molecule has 0 amide bonds. The summed E-state index contributed by atoms with van der Waals surface area (Å²) in [7, 11) is 1.90. The van der Waals surface area contributed by atoms with Crippen LogP contribution in [0.4, 0.5) is 0 Å². The van der Waals surface area contributed by atoms with Gasteiger partial charge in [0, 0.05) is 24.1 Å². The van der Waals surface area contributed by atoms with Crippen molar-refractivity contribution in [3.05, 3.63) is 40.4 Å². The van der Waals surface area contributed by atoms with Crippen LogP contribution in [-0.4, -0.2) is 20.8 Å². The van der Waals surface area contributed by atoms with Gasteiger partial charge in [0.2, 0.25) is 0 Å². The van der Waals surface area contributed by atoms with Crippen LogP contribution in [0.1, 0.15) is 25.2 Å². The lowest BCUT2D eigenvalue weighted by Gasteiger charge is -2.12. The largest absolute Gasteiger partial charge is 0.486 e. The molecule has 0 atom stereocenters. The average Bonchev–Trinajstić information content (AvgIpc) is 2.81. The van der Waals surface area contributed by atoms with E-state index in [1.807, 2.05) is 29.8 Å². The summed E-state index contributed by atoms with van der Waals surface area (Å²) in [4.78, 5) is 0. The molecular weight excluding hydrogens is 320 g/mol. The lowest BCUT2D eigenvalue weighted by molar-refractivity contribution is 0.291. The zero-order valence-electron chi connectivity index (χ0n) is 11.9. The van der Waals surface area contributed by atoms with Gasteiger partial charge >= 0.3 is 0 Å². The molecule has 0 aliphatic carbocycles. The minimum atomic E-state index is 0.412. The summed E-state index contributed by atoms with van der Waals surface area (Å²) >= 11 is 3.56. The second-order valence-electron chi connectivity index (χ2n) is 4.94. The van der Waals surface area contributed by atoms with Gasteiger partial charge in [0.05, 0.1) is 0 Å². The number of nitrogens with zero attached hydrogens (tertiary/aromatic N) is 3. The summed E-state index contributed by atoms with van der Waals surface area (Å²) < 4.78 is 8.69. The van der Waals surface area contributed by atoms with Crippen LogP contribution >= 0.6 is 15.9 Å². The van der Waals surface area contributed by atoms with Crippen LogP contribution in [0.25, 0.3) is 0 Å². The van der Waals surface area contributed by atoms with Crippen molar-refractivity contribution < 1.29 is 4.74 Å². The van der Waals surface area contributed by atoms with Gasteiger partial charge in [-0.25, -0.2) is 0 Å². The smallest absolute Gasteiger partial charge is 0.170 e. The highest BCUT2D eigenvalue weighted by atomic mass is 79.9. The number of aromatic nitrogens is 3. The van der Waals surface area contributed by atoms with Gasteiger partial charge in [-0.15, -0.1) is 10.2 Å². The van der Waals surface area contributed by atoms with Gasteiger partial charge in [-0.3, -0.25) is 0 Å². The van der Waals surface area contributed by atoms with E-state index in [1.165, 1.54) is 5.56 Å². The molecule has 2 aromatic rings. The summed E-state index contributed by atoms with van der Waals surface area (Å²) in [6, 6.07) is 6.43. The molecule has 1 heterocycles. The fourth-order valence-electron chi connectivity index (χ4n) is 1.68. The molecule has 0 radical (unpaired) electrons. The number of hydrogen-bond donors (Lipinski definition) is 1. The fraction of sp³-hybridized carbons (Fsp3) is 0.429. The van der Waals surface area contributed by atoms with E-state index < -0.39 is 0 Å². The van der Waals surface area contributed by atoms with Crippen LogP contribution in [0.15, 0.2) is 29.0 Å². The molecule has 1 N–H and O–H groups in total. The molecule has 2 rings (SSSR count). The van der Waals surface area contributed by atoms with Gasteiger partial charge in [-0.1, -0.05) is 29.8 Å². The predicted octanol–water partition coefficient (Wildman–Crippen LogP) is 2.65. The SMILES string of the molecule is CC(C)NCc1cc(OCc2nncn2C)ccc1Br. The number of nitrogens with one attached hydrogen (secondary N) is 1. The van der Waals surface area contributed by atoms with E-state index in [0.29, 0.717) is 12.6 Å². The van der Waals surface area contributed by atoms with E-state index in [1.54, 1.807) is 6.33 Å². The quantitative estimate of drug-likeness (QED) is 0.879. The predicted molar refractivity (Wildman–Crippen MR) is 81.5 cm³/mol. The normalized spacial score (nSPS) is 11.1. The number of aryl methyl sites for hydroxylation is 1. The van der Waals surface area contributed by atoms with Gasteiger partial charge in [0.15, 0.2) is 5.82 Å². The third-order valence-corrected chi connectivity index (χ3v) is 3.66. The van der Waals surface area contributed by atoms with Gasteiger partial charge in [-0.2, -0.15) is 0 Å². The van der Waals surface area contributed by atoms with E-state index >= 15 is 0 Å². The van der Waals surface area contributed by atoms with E-state index in [0.717, 1.165) is 22.6 Å². The fourth-order valence-corrected chi connectivity index (χ4v) is 2.06. The van der Waals surface area contributed by atoms with Gasteiger partial charge < -0.3 is 14.6 Å². The molecule has 0 fully saturated rings. The molecule has 5 nitrogen and oxygen atoms in total. The molecular formula is C14H19BrN4O. The van der Waals surface area contributed by atoms with E-state index in [9.17, 15) is 0 Å². The highest BCUT2D eigenvalue weighted by Gasteiger charge is 2.06. The Bertz CT molecular complexity index is 568. The Labute approximate surface area is 127 Å². The molecule has 0 saturated carbocycles. The number of benzene rings is 1. The Morgan fingerprint density at radius 1 is 1.40 bits per heavy atom. The molecule has 0 spiro atoms. The van der Waals surface area contributed by atoms with Crippen LogP contribution in [0.5, 0.6) is 5.75 Å². The molecule has 108 valence electrons. The maximum Gasteiger partial charge on any atom is 0.170 e. The summed E-state index contributed by atoms with van der Waals surface area (Å²) in [6.07, 6.45) is 1.66.